The van der Waals surface area contributed by atoms with Gasteiger partial charge in [-0.1, -0.05) is 61.7 Å². The third-order valence-electron chi connectivity index (χ3n) is 3.56. The quantitative estimate of drug-likeness (QED) is 0.867. The van der Waals surface area contributed by atoms with Crippen molar-refractivity contribution in [2.75, 3.05) is 0 Å². The van der Waals surface area contributed by atoms with Crippen LogP contribution in [0.5, 0.6) is 0 Å². The van der Waals surface area contributed by atoms with Crippen LogP contribution in [-0.4, -0.2) is 0 Å². The molecule has 4 N–H and O–H groups in total. The molecular weight excluding hydrogens is 244 g/mol. The van der Waals surface area contributed by atoms with Crippen LogP contribution in [0.1, 0.15) is 22.3 Å². The molecule has 0 fully saturated rings. The van der Waals surface area contributed by atoms with Crippen LogP contribution < -0.4 is 11.5 Å². The SMILES string of the molecule is C=Cc1cccc(-c2cccc(C=C)c2CN)c1CN. The van der Waals surface area contributed by atoms with Crippen LogP contribution in [0.25, 0.3) is 23.3 Å². The highest BCUT2D eigenvalue weighted by molar-refractivity contribution is 5.77. The van der Waals surface area contributed by atoms with E-state index in [9.17, 15) is 0 Å². The van der Waals surface area contributed by atoms with Gasteiger partial charge in [-0.15, -0.1) is 0 Å². The summed E-state index contributed by atoms with van der Waals surface area (Å²) in [6.45, 7) is 8.65. The molecule has 2 aromatic rings. The van der Waals surface area contributed by atoms with Gasteiger partial charge in [0.25, 0.3) is 0 Å². The Bertz CT molecular complexity index is 584. The highest BCUT2D eigenvalue weighted by atomic mass is 14.5. The van der Waals surface area contributed by atoms with Crippen LogP contribution in [0.3, 0.4) is 0 Å². The first-order valence-electron chi connectivity index (χ1n) is 6.66. The number of benzene rings is 2. The molecule has 0 bridgehead atoms. The van der Waals surface area contributed by atoms with Crippen molar-refractivity contribution in [2.24, 2.45) is 11.5 Å². The smallest absolute Gasteiger partial charge is 0.0190 e. The van der Waals surface area contributed by atoms with Crippen molar-refractivity contribution < 1.29 is 0 Å². The van der Waals surface area contributed by atoms with E-state index in [0.29, 0.717) is 13.1 Å². The predicted octanol–water partition coefficient (Wildman–Crippen LogP) is 3.56. The molecule has 20 heavy (non-hydrogen) atoms. The molecule has 102 valence electrons. The van der Waals surface area contributed by atoms with Crippen LogP contribution in [0.2, 0.25) is 0 Å². The van der Waals surface area contributed by atoms with Crippen LogP contribution in [0, 0.1) is 0 Å². The minimum atomic E-state index is 0.472. The van der Waals surface area contributed by atoms with Gasteiger partial charge >= 0.3 is 0 Å². The lowest BCUT2D eigenvalue weighted by Gasteiger charge is -2.16. The first kappa shape index (κ1) is 14.3. The average Bonchev–Trinajstić information content (AvgIpc) is 2.52. The first-order valence-corrected chi connectivity index (χ1v) is 6.66. The molecule has 0 radical (unpaired) electrons. The van der Waals surface area contributed by atoms with Gasteiger partial charge in [0.1, 0.15) is 0 Å². The molecule has 0 heterocycles. The zero-order chi connectivity index (χ0) is 14.5. The van der Waals surface area contributed by atoms with Crippen LogP contribution in [0.15, 0.2) is 49.6 Å². The van der Waals surface area contributed by atoms with E-state index >= 15 is 0 Å². The second kappa shape index (κ2) is 6.33. The van der Waals surface area contributed by atoms with Gasteiger partial charge < -0.3 is 11.5 Å². The van der Waals surface area contributed by atoms with Crippen molar-refractivity contribution >= 4 is 12.2 Å². The minimum Gasteiger partial charge on any atom is -0.326 e. The van der Waals surface area contributed by atoms with E-state index < -0.39 is 0 Å². The van der Waals surface area contributed by atoms with Crippen molar-refractivity contribution in [3.05, 3.63) is 71.8 Å². The van der Waals surface area contributed by atoms with Crippen LogP contribution >= 0.6 is 0 Å². The standard InChI is InChI=1S/C18H20N2/c1-3-13-7-5-9-15(17(13)11-19)16-10-6-8-14(4-2)18(16)12-20/h3-10H,1-2,11-12,19-20H2. The Morgan fingerprint density at radius 2 is 1.15 bits per heavy atom. The molecule has 0 aromatic heterocycles. The summed E-state index contributed by atoms with van der Waals surface area (Å²) in [5.74, 6) is 0. The third-order valence-corrected chi connectivity index (χ3v) is 3.56. The second-order valence-corrected chi connectivity index (χ2v) is 4.56. The van der Waals surface area contributed by atoms with Crippen LogP contribution in [-0.2, 0) is 13.1 Å². The molecule has 0 aliphatic heterocycles. The van der Waals surface area contributed by atoms with Gasteiger partial charge in [0.2, 0.25) is 0 Å². The Kier molecular flexibility index (Phi) is 4.51. The molecule has 0 unspecified atom stereocenters. The zero-order valence-electron chi connectivity index (χ0n) is 11.6. The molecule has 0 saturated carbocycles. The van der Waals surface area contributed by atoms with Crippen molar-refractivity contribution in [1.82, 2.24) is 0 Å². The summed E-state index contributed by atoms with van der Waals surface area (Å²) in [6.07, 6.45) is 3.68. The molecule has 0 aliphatic rings. The summed E-state index contributed by atoms with van der Waals surface area (Å²) >= 11 is 0. The fourth-order valence-electron chi connectivity index (χ4n) is 2.55. The summed E-state index contributed by atoms with van der Waals surface area (Å²) in [4.78, 5) is 0. The Hall–Kier alpha value is -2.16. The summed E-state index contributed by atoms with van der Waals surface area (Å²) < 4.78 is 0. The van der Waals surface area contributed by atoms with E-state index in [1.54, 1.807) is 0 Å². The highest BCUT2D eigenvalue weighted by Crippen LogP contribution is 2.31. The average molecular weight is 264 g/mol. The van der Waals surface area contributed by atoms with Gasteiger partial charge in [-0.3, -0.25) is 0 Å². The van der Waals surface area contributed by atoms with E-state index in [2.05, 4.69) is 25.3 Å². The van der Waals surface area contributed by atoms with Gasteiger partial charge in [0.05, 0.1) is 0 Å². The topological polar surface area (TPSA) is 52.0 Å². The van der Waals surface area contributed by atoms with Crippen molar-refractivity contribution in [2.45, 2.75) is 13.1 Å². The number of hydrogen-bond acceptors (Lipinski definition) is 2. The Balaban J connectivity index is 2.74. The van der Waals surface area contributed by atoms with Gasteiger partial charge in [0.15, 0.2) is 0 Å². The predicted molar refractivity (Wildman–Crippen MR) is 87.8 cm³/mol. The Morgan fingerprint density at radius 1 is 0.750 bits per heavy atom. The third kappa shape index (κ3) is 2.44. The van der Waals surface area contributed by atoms with Crippen molar-refractivity contribution in [3.8, 4) is 11.1 Å². The maximum atomic E-state index is 5.93. The molecule has 2 aromatic carbocycles. The largest absolute Gasteiger partial charge is 0.326 e. The lowest BCUT2D eigenvalue weighted by molar-refractivity contribution is 1.05. The van der Waals surface area contributed by atoms with Crippen molar-refractivity contribution in [3.63, 3.8) is 0 Å². The fourth-order valence-corrected chi connectivity index (χ4v) is 2.55. The van der Waals surface area contributed by atoms with E-state index in [4.69, 9.17) is 11.5 Å². The first-order chi connectivity index (χ1) is 9.76. The number of rotatable bonds is 5. The molecule has 2 heteroatoms. The maximum absolute atomic E-state index is 5.93. The van der Waals surface area contributed by atoms with Crippen molar-refractivity contribution in [1.29, 1.82) is 0 Å². The molecular formula is C18H20N2. The summed E-state index contributed by atoms with van der Waals surface area (Å²) in [6, 6.07) is 12.3. The molecule has 0 atom stereocenters. The molecule has 0 aliphatic carbocycles. The van der Waals surface area contributed by atoms with Crippen LogP contribution in [0.4, 0.5) is 0 Å². The molecule has 0 saturated heterocycles. The number of nitrogens with two attached hydrogens (primary N) is 2. The molecule has 0 amide bonds. The molecule has 2 nitrogen and oxygen atoms in total. The minimum absolute atomic E-state index is 0.472. The van der Waals surface area contributed by atoms with Gasteiger partial charge in [-0.2, -0.15) is 0 Å². The Morgan fingerprint density at radius 3 is 1.45 bits per heavy atom. The van der Waals surface area contributed by atoms with E-state index in [-0.39, 0.29) is 0 Å². The maximum Gasteiger partial charge on any atom is 0.0190 e. The summed E-state index contributed by atoms with van der Waals surface area (Å²) in [5, 5.41) is 0. The van der Waals surface area contributed by atoms with Gasteiger partial charge in [-0.25, -0.2) is 0 Å². The van der Waals surface area contributed by atoms with E-state index in [0.717, 1.165) is 33.4 Å². The summed E-state index contributed by atoms with van der Waals surface area (Å²) in [7, 11) is 0. The zero-order valence-corrected chi connectivity index (χ0v) is 11.6. The molecule has 0 spiro atoms. The lowest BCUT2D eigenvalue weighted by atomic mass is 9.90. The monoisotopic (exact) mass is 264 g/mol. The number of hydrogen-bond donors (Lipinski definition) is 2. The van der Waals surface area contributed by atoms with Gasteiger partial charge in [0, 0.05) is 13.1 Å². The Labute approximate surface area is 120 Å². The second-order valence-electron chi connectivity index (χ2n) is 4.56. The highest BCUT2D eigenvalue weighted by Gasteiger charge is 2.12. The lowest BCUT2D eigenvalue weighted by Crippen LogP contribution is -2.06. The fraction of sp³-hybridized carbons (Fsp3) is 0.111. The molecule has 2 rings (SSSR count). The van der Waals surface area contributed by atoms with E-state index in [1.807, 2.05) is 36.4 Å². The van der Waals surface area contributed by atoms with E-state index in [1.165, 1.54) is 0 Å². The van der Waals surface area contributed by atoms with Gasteiger partial charge in [-0.05, 0) is 33.4 Å². The summed E-state index contributed by atoms with van der Waals surface area (Å²) in [5.41, 5.74) is 18.4. The normalized spacial score (nSPS) is 10.3.